The van der Waals surface area contributed by atoms with Crippen LogP contribution in [0, 0.1) is 0 Å². The molecule has 2 atom stereocenters. The summed E-state index contributed by atoms with van der Waals surface area (Å²) >= 11 is 0. The Balaban J connectivity index is 2.52. The molecule has 100 valence electrons. The third-order valence-electron chi connectivity index (χ3n) is 3.68. The normalized spacial score (nSPS) is 22.4. The molecule has 0 aromatic heterocycles. The lowest BCUT2D eigenvalue weighted by Crippen LogP contribution is -2.27. The fraction of sp³-hybridized carbons (Fsp3) is 0.571. The fourth-order valence-corrected chi connectivity index (χ4v) is 2.82. The van der Waals surface area contributed by atoms with Crippen LogP contribution in [0.4, 0.5) is 0 Å². The van der Waals surface area contributed by atoms with Crippen LogP contribution < -0.4 is 9.47 Å². The maximum Gasteiger partial charge on any atom is 0.122 e. The summed E-state index contributed by atoms with van der Waals surface area (Å²) in [5.74, 6) is 1.52. The summed E-state index contributed by atoms with van der Waals surface area (Å²) in [7, 11) is 3.27. The highest BCUT2D eigenvalue weighted by molar-refractivity contribution is 5.52. The van der Waals surface area contributed by atoms with E-state index < -0.39 is 6.10 Å². The third kappa shape index (κ3) is 2.18. The third-order valence-corrected chi connectivity index (χ3v) is 3.68. The van der Waals surface area contributed by atoms with Crippen LogP contribution in [-0.4, -0.2) is 37.1 Å². The number of hydrogen-bond donors (Lipinski definition) is 2. The molecule has 4 nitrogen and oxygen atoms in total. The molecular formula is C14H20O4. The van der Waals surface area contributed by atoms with E-state index in [1.807, 2.05) is 12.1 Å². The van der Waals surface area contributed by atoms with Crippen molar-refractivity contribution in [2.75, 3.05) is 20.8 Å². The highest BCUT2D eigenvalue weighted by Crippen LogP contribution is 2.43. The maximum atomic E-state index is 10.1. The first-order chi connectivity index (χ1) is 8.72. The van der Waals surface area contributed by atoms with Crippen LogP contribution in [-0.2, 0) is 6.42 Å². The first-order valence-corrected chi connectivity index (χ1v) is 6.25. The Kier molecular flexibility index (Phi) is 4.09. The van der Waals surface area contributed by atoms with Crippen LogP contribution in [0.25, 0.3) is 0 Å². The van der Waals surface area contributed by atoms with Crippen LogP contribution >= 0.6 is 0 Å². The van der Waals surface area contributed by atoms with E-state index in [9.17, 15) is 5.11 Å². The standard InChI is InChI=1S/C14H20O4/c1-17-12-5-6-13(18-2)14-9(7-8-15)11(16)4-3-10(12)14/h5-6,9,11,15-16H,3-4,7-8H2,1-2H3. The molecule has 18 heavy (non-hydrogen) atoms. The van der Waals surface area contributed by atoms with Gasteiger partial charge in [-0.15, -0.1) is 0 Å². The van der Waals surface area contributed by atoms with Gasteiger partial charge < -0.3 is 19.7 Å². The minimum absolute atomic E-state index is 0.0571. The van der Waals surface area contributed by atoms with Gasteiger partial charge >= 0.3 is 0 Å². The predicted octanol–water partition coefficient (Wildman–Crippen LogP) is 1.48. The van der Waals surface area contributed by atoms with Crippen molar-refractivity contribution in [3.05, 3.63) is 23.3 Å². The van der Waals surface area contributed by atoms with Crippen LogP contribution in [0.3, 0.4) is 0 Å². The zero-order valence-electron chi connectivity index (χ0n) is 10.8. The molecule has 0 aliphatic heterocycles. The van der Waals surface area contributed by atoms with Crippen LogP contribution in [0.1, 0.15) is 29.9 Å². The van der Waals surface area contributed by atoms with Crippen LogP contribution in [0.2, 0.25) is 0 Å². The Bertz CT molecular complexity index is 417. The Hall–Kier alpha value is -1.26. The van der Waals surface area contributed by atoms with Crippen molar-refractivity contribution in [1.82, 2.24) is 0 Å². The number of aliphatic hydroxyl groups excluding tert-OH is 2. The Morgan fingerprint density at radius 2 is 1.89 bits per heavy atom. The van der Waals surface area contributed by atoms with Crippen LogP contribution in [0.15, 0.2) is 12.1 Å². The molecule has 0 radical (unpaired) electrons. The number of fused-ring (bicyclic) bond motifs is 1. The zero-order valence-corrected chi connectivity index (χ0v) is 10.8. The van der Waals surface area contributed by atoms with Gasteiger partial charge in [0.25, 0.3) is 0 Å². The maximum absolute atomic E-state index is 10.1. The van der Waals surface area contributed by atoms with Crippen molar-refractivity contribution in [1.29, 1.82) is 0 Å². The molecule has 1 aromatic carbocycles. The average Bonchev–Trinajstić information content (AvgIpc) is 2.40. The molecule has 0 bridgehead atoms. The summed E-state index contributed by atoms with van der Waals surface area (Å²) in [6, 6.07) is 3.76. The summed E-state index contributed by atoms with van der Waals surface area (Å²) in [6.45, 7) is 0.0571. The fourth-order valence-electron chi connectivity index (χ4n) is 2.82. The van der Waals surface area contributed by atoms with Crippen molar-refractivity contribution in [2.24, 2.45) is 0 Å². The van der Waals surface area contributed by atoms with Crippen molar-refractivity contribution in [3.8, 4) is 11.5 Å². The number of hydrogen-bond acceptors (Lipinski definition) is 4. The minimum atomic E-state index is -0.425. The summed E-state index contributed by atoms with van der Waals surface area (Å²) in [5, 5.41) is 19.3. The average molecular weight is 252 g/mol. The monoisotopic (exact) mass is 252 g/mol. The van der Waals surface area contributed by atoms with Crippen molar-refractivity contribution in [2.45, 2.75) is 31.3 Å². The first-order valence-electron chi connectivity index (χ1n) is 6.25. The molecule has 2 rings (SSSR count). The lowest BCUT2D eigenvalue weighted by Gasteiger charge is -2.32. The lowest BCUT2D eigenvalue weighted by atomic mass is 9.78. The summed E-state index contributed by atoms with van der Waals surface area (Å²) in [5.41, 5.74) is 2.09. The van der Waals surface area contributed by atoms with E-state index in [-0.39, 0.29) is 12.5 Å². The number of ether oxygens (including phenoxy) is 2. The van der Waals surface area contributed by atoms with E-state index >= 15 is 0 Å². The van der Waals surface area contributed by atoms with E-state index in [2.05, 4.69) is 0 Å². The largest absolute Gasteiger partial charge is 0.496 e. The van der Waals surface area contributed by atoms with E-state index in [1.165, 1.54) is 0 Å². The molecule has 0 spiro atoms. The number of rotatable bonds is 4. The number of methoxy groups -OCH3 is 2. The Morgan fingerprint density at radius 1 is 1.22 bits per heavy atom. The van der Waals surface area contributed by atoms with Crippen molar-refractivity contribution < 1.29 is 19.7 Å². The number of aliphatic hydroxyl groups is 2. The van der Waals surface area contributed by atoms with Gasteiger partial charge in [0, 0.05) is 23.7 Å². The first kappa shape index (κ1) is 13.2. The van der Waals surface area contributed by atoms with Gasteiger partial charge in [0.2, 0.25) is 0 Å². The Labute approximate surface area is 107 Å². The summed E-state index contributed by atoms with van der Waals surface area (Å²) in [4.78, 5) is 0. The van der Waals surface area contributed by atoms with Gasteiger partial charge in [-0.3, -0.25) is 0 Å². The molecular weight excluding hydrogens is 232 g/mol. The van der Waals surface area contributed by atoms with Gasteiger partial charge in [0.05, 0.1) is 20.3 Å². The van der Waals surface area contributed by atoms with Gasteiger partial charge in [0.1, 0.15) is 11.5 Å². The smallest absolute Gasteiger partial charge is 0.122 e. The molecule has 0 saturated heterocycles. The molecule has 0 amide bonds. The molecule has 2 unspecified atom stereocenters. The van der Waals surface area contributed by atoms with Gasteiger partial charge in [-0.05, 0) is 31.4 Å². The molecule has 2 N–H and O–H groups in total. The lowest BCUT2D eigenvalue weighted by molar-refractivity contribution is 0.108. The SMILES string of the molecule is COc1ccc(OC)c2c1CCC(O)C2CCO. The number of benzene rings is 1. The highest BCUT2D eigenvalue weighted by Gasteiger charge is 2.32. The predicted molar refractivity (Wildman–Crippen MR) is 68.3 cm³/mol. The Morgan fingerprint density at radius 3 is 2.50 bits per heavy atom. The van der Waals surface area contributed by atoms with Crippen molar-refractivity contribution >= 4 is 0 Å². The summed E-state index contributed by atoms with van der Waals surface area (Å²) < 4.78 is 10.8. The molecule has 1 aliphatic rings. The van der Waals surface area contributed by atoms with E-state index in [4.69, 9.17) is 14.6 Å². The second kappa shape index (κ2) is 5.59. The van der Waals surface area contributed by atoms with Gasteiger partial charge in [-0.25, -0.2) is 0 Å². The van der Waals surface area contributed by atoms with E-state index in [1.54, 1.807) is 14.2 Å². The minimum Gasteiger partial charge on any atom is -0.496 e. The van der Waals surface area contributed by atoms with Crippen molar-refractivity contribution in [3.63, 3.8) is 0 Å². The topological polar surface area (TPSA) is 58.9 Å². The highest BCUT2D eigenvalue weighted by atomic mass is 16.5. The molecule has 1 aromatic rings. The van der Waals surface area contributed by atoms with Gasteiger partial charge in [0.15, 0.2) is 0 Å². The van der Waals surface area contributed by atoms with Gasteiger partial charge in [-0.1, -0.05) is 0 Å². The molecule has 0 heterocycles. The van der Waals surface area contributed by atoms with Gasteiger partial charge in [-0.2, -0.15) is 0 Å². The van der Waals surface area contributed by atoms with Crippen LogP contribution in [0.5, 0.6) is 11.5 Å². The molecule has 1 aliphatic carbocycles. The second-order valence-electron chi connectivity index (χ2n) is 4.59. The summed E-state index contributed by atoms with van der Waals surface area (Å²) in [6.07, 6.45) is 1.59. The van der Waals surface area contributed by atoms with E-state index in [0.717, 1.165) is 29.0 Å². The zero-order chi connectivity index (χ0) is 13.1. The molecule has 4 heteroatoms. The quantitative estimate of drug-likeness (QED) is 0.852. The molecule has 0 fully saturated rings. The second-order valence-corrected chi connectivity index (χ2v) is 4.59. The molecule has 0 saturated carbocycles. The van der Waals surface area contributed by atoms with E-state index in [0.29, 0.717) is 12.8 Å².